The Balaban J connectivity index is 1.28. The summed E-state index contributed by atoms with van der Waals surface area (Å²) >= 11 is 0. The van der Waals surface area contributed by atoms with E-state index in [4.69, 9.17) is 4.74 Å². The number of anilines is 1. The van der Waals surface area contributed by atoms with Crippen LogP contribution < -0.4 is 15.0 Å². The van der Waals surface area contributed by atoms with Gasteiger partial charge in [-0.3, -0.25) is 4.79 Å². The first-order valence-electron chi connectivity index (χ1n) is 12.2. The lowest BCUT2D eigenvalue weighted by Crippen LogP contribution is -2.33. The lowest BCUT2D eigenvalue weighted by atomic mass is 10.1. The van der Waals surface area contributed by atoms with Crippen molar-refractivity contribution in [2.75, 3.05) is 38.2 Å². The predicted octanol–water partition coefficient (Wildman–Crippen LogP) is 3.37. The van der Waals surface area contributed by atoms with E-state index in [1.54, 1.807) is 25.3 Å². The van der Waals surface area contributed by atoms with Crippen LogP contribution in [0.5, 0.6) is 5.75 Å². The van der Waals surface area contributed by atoms with Gasteiger partial charge in [0.15, 0.2) is 0 Å². The Kier molecular flexibility index (Phi) is 7.78. The van der Waals surface area contributed by atoms with E-state index < -0.39 is 10.0 Å². The predicted molar refractivity (Wildman–Crippen MR) is 134 cm³/mol. The Hall–Kier alpha value is -2.58. The second-order valence-corrected chi connectivity index (χ2v) is 11.1. The fourth-order valence-corrected chi connectivity index (χ4v) is 6.54. The van der Waals surface area contributed by atoms with E-state index in [2.05, 4.69) is 41.4 Å². The van der Waals surface area contributed by atoms with E-state index >= 15 is 0 Å². The second kappa shape index (κ2) is 10.8. The summed E-state index contributed by atoms with van der Waals surface area (Å²) in [5.41, 5.74) is 3.43. The lowest BCUT2D eigenvalue weighted by Gasteiger charge is -2.25. The number of hydrogen-bond acceptors (Lipinski definition) is 5. The number of fused-ring (bicyclic) bond motifs is 1. The third-order valence-corrected chi connectivity index (χ3v) is 8.72. The zero-order valence-electron chi connectivity index (χ0n) is 20.1. The van der Waals surface area contributed by atoms with Crippen molar-refractivity contribution in [1.82, 2.24) is 9.62 Å². The van der Waals surface area contributed by atoms with Gasteiger partial charge < -0.3 is 15.0 Å². The highest BCUT2D eigenvalue weighted by molar-refractivity contribution is 7.89. The second-order valence-electron chi connectivity index (χ2n) is 9.16. The number of amides is 1. The largest absolute Gasteiger partial charge is 0.496 e. The molecule has 4 rings (SSSR count). The van der Waals surface area contributed by atoms with Crippen LogP contribution in [0.3, 0.4) is 0 Å². The molecule has 34 heavy (non-hydrogen) atoms. The first kappa shape index (κ1) is 24.5. The minimum Gasteiger partial charge on any atom is -0.496 e. The molecule has 1 amide bonds. The van der Waals surface area contributed by atoms with Crippen molar-refractivity contribution in [2.24, 2.45) is 0 Å². The molecule has 1 saturated heterocycles. The number of methoxy groups -OCH3 is 1. The molecule has 2 aromatic carbocycles. The van der Waals surface area contributed by atoms with Crippen molar-refractivity contribution in [3.8, 4) is 5.75 Å². The zero-order valence-corrected chi connectivity index (χ0v) is 20.9. The molecule has 0 aliphatic carbocycles. The quantitative estimate of drug-likeness (QED) is 0.522. The lowest BCUT2D eigenvalue weighted by molar-refractivity contribution is -0.121. The summed E-state index contributed by atoms with van der Waals surface area (Å²) in [6.45, 7) is 4.89. The van der Waals surface area contributed by atoms with E-state index in [-0.39, 0.29) is 17.2 Å². The number of carbonyl (C=O) groups excluding carboxylic acids is 1. The number of aryl methyl sites for hydroxylation is 1. The standard InChI is InChI=1S/C26H35N3O4S/c1-20-18-21-8-3-4-9-24(21)29(20)17-7-14-27-26(30)13-10-22-19-23(11-12-25(22)33-2)34(31,32)28-15-5-6-16-28/h3-4,8-9,11-12,19-20H,5-7,10,13-18H2,1-2H3,(H,27,30). The molecule has 0 aromatic heterocycles. The van der Waals surface area contributed by atoms with E-state index in [9.17, 15) is 13.2 Å². The minimum atomic E-state index is -3.50. The van der Waals surface area contributed by atoms with Gasteiger partial charge in [-0.1, -0.05) is 18.2 Å². The first-order valence-corrected chi connectivity index (χ1v) is 13.6. The summed E-state index contributed by atoms with van der Waals surface area (Å²) in [6, 6.07) is 13.9. The number of carbonyl (C=O) groups is 1. The van der Waals surface area contributed by atoms with Gasteiger partial charge in [-0.05, 0) is 74.4 Å². The number of sulfonamides is 1. The van der Waals surface area contributed by atoms with Gasteiger partial charge in [0.1, 0.15) is 5.75 Å². The number of hydrogen-bond donors (Lipinski definition) is 1. The van der Waals surface area contributed by atoms with Crippen molar-refractivity contribution >= 4 is 21.6 Å². The topological polar surface area (TPSA) is 79.0 Å². The summed E-state index contributed by atoms with van der Waals surface area (Å²) in [5, 5.41) is 3.01. The molecule has 0 saturated carbocycles. The molecule has 1 fully saturated rings. The molecule has 8 heteroatoms. The molecule has 2 heterocycles. The van der Waals surface area contributed by atoms with E-state index in [0.29, 0.717) is 37.8 Å². The van der Waals surface area contributed by atoms with Crippen molar-refractivity contribution in [1.29, 1.82) is 0 Å². The normalized spacial score (nSPS) is 18.2. The third-order valence-electron chi connectivity index (χ3n) is 6.82. The van der Waals surface area contributed by atoms with Crippen LogP contribution in [0.4, 0.5) is 5.69 Å². The highest BCUT2D eigenvalue weighted by Crippen LogP contribution is 2.31. The van der Waals surface area contributed by atoms with Crippen LogP contribution in [0, 0.1) is 0 Å². The number of benzene rings is 2. The fourth-order valence-electron chi connectivity index (χ4n) is 4.97. The maximum absolute atomic E-state index is 12.9. The van der Waals surface area contributed by atoms with Gasteiger partial charge in [0.25, 0.3) is 0 Å². The molecule has 2 aromatic rings. The number of nitrogens with one attached hydrogen (secondary N) is 1. The summed E-state index contributed by atoms with van der Waals surface area (Å²) in [4.78, 5) is 15.2. The zero-order chi connectivity index (χ0) is 24.1. The number of nitrogens with zero attached hydrogens (tertiary/aromatic N) is 2. The molecule has 2 aliphatic rings. The Bertz CT molecular complexity index is 1110. The van der Waals surface area contributed by atoms with Crippen molar-refractivity contribution in [3.63, 3.8) is 0 Å². The Morgan fingerprint density at radius 3 is 2.68 bits per heavy atom. The van der Waals surface area contributed by atoms with E-state index in [1.165, 1.54) is 15.6 Å². The third kappa shape index (κ3) is 5.39. The molecule has 2 aliphatic heterocycles. The minimum absolute atomic E-state index is 0.0373. The summed E-state index contributed by atoms with van der Waals surface area (Å²) in [6.07, 6.45) is 4.44. The molecule has 0 radical (unpaired) electrons. The highest BCUT2D eigenvalue weighted by Gasteiger charge is 2.28. The summed E-state index contributed by atoms with van der Waals surface area (Å²) in [7, 11) is -1.94. The molecule has 1 N–H and O–H groups in total. The molecular formula is C26H35N3O4S. The van der Waals surface area contributed by atoms with Crippen LogP contribution in [0.2, 0.25) is 0 Å². The van der Waals surface area contributed by atoms with Crippen LogP contribution in [-0.4, -0.2) is 58.0 Å². The molecule has 0 bridgehead atoms. The van der Waals surface area contributed by atoms with Gasteiger partial charge in [0.2, 0.25) is 15.9 Å². The monoisotopic (exact) mass is 485 g/mol. The SMILES string of the molecule is COc1ccc(S(=O)(=O)N2CCCC2)cc1CCC(=O)NCCCN1c2ccccc2CC1C. The van der Waals surface area contributed by atoms with E-state index in [0.717, 1.165) is 37.8 Å². The summed E-state index contributed by atoms with van der Waals surface area (Å²) in [5.74, 6) is 0.569. The Labute approximate surface area is 203 Å². The maximum atomic E-state index is 12.9. The van der Waals surface area contributed by atoms with Crippen molar-refractivity contribution in [2.45, 2.75) is 56.4 Å². The van der Waals surface area contributed by atoms with Gasteiger partial charge in [0, 0.05) is 44.3 Å². The number of rotatable bonds is 10. The van der Waals surface area contributed by atoms with Crippen LogP contribution >= 0.6 is 0 Å². The Morgan fingerprint density at radius 1 is 1.15 bits per heavy atom. The maximum Gasteiger partial charge on any atom is 0.243 e. The van der Waals surface area contributed by atoms with Gasteiger partial charge >= 0.3 is 0 Å². The average Bonchev–Trinajstić information content (AvgIpc) is 3.49. The van der Waals surface area contributed by atoms with Crippen LogP contribution in [0.25, 0.3) is 0 Å². The highest BCUT2D eigenvalue weighted by atomic mass is 32.2. The molecule has 184 valence electrons. The smallest absolute Gasteiger partial charge is 0.243 e. The molecule has 0 spiro atoms. The van der Waals surface area contributed by atoms with Crippen LogP contribution in [-0.2, 0) is 27.7 Å². The van der Waals surface area contributed by atoms with Gasteiger partial charge in [-0.2, -0.15) is 4.31 Å². The van der Waals surface area contributed by atoms with Crippen LogP contribution in [0.1, 0.15) is 43.7 Å². The molecule has 1 atom stereocenters. The Morgan fingerprint density at radius 2 is 1.91 bits per heavy atom. The first-order chi connectivity index (χ1) is 16.4. The number of ether oxygens (including phenoxy) is 1. The van der Waals surface area contributed by atoms with Gasteiger partial charge in [-0.25, -0.2) is 8.42 Å². The van der Waals surface area contributed by atoms with Crippen LogP contribution in [0.15, 0.2) is 47.4 Å². The van der Waals surface area contributed by atoms with Crippen molar-refractivity contribution < 1.29 is 17.9 Å². The van der Waals surface area contributed by atoms with Gasteiger partial charge in [0.05, 0.1) is 12.0 Å². The molecule has 7 nitrogen and oxygen atoms in total. The van der Waals surface area contributed by atoms with E-state index in [1.807, 2.05) is 0 Å². The molecular weight excluding hydrogens is 450 g/mol. The molecule has 1 unspecified atom stereocenters. The van der Waals surface area contributed by atoms with Gasteiger partial charge in [-0.15, -0.1) is 0 Å². The fraction of sp³-hybridized carbons (Fsp3) is 0.500. The average molecular weight is 486 g/mol. The number of para-hydroxylation sites is 1. The summed E-state index contributed by atoms with van der Waals surface area (Å²) < 4.78 is 32.8. The van der Waals surface area contributed by atoms with Crippen molar-refractivity contribution in [3.05, 3.63) is 53.6 Å².